The van der Waals surface area contributed by atoms with Gasteiger partial charge < -0.3 is 14.6 Å². The number of carbonyl (C=O) groups is 1. The molecule has 0 aliphatic heterocycles. The van der Waals surface area contributed by atoms with Crippen LogP contribution in [0.25, 0.3) is 10.8 Å². The lowest BCUT2D eigenvalue weighted by atomic mass is 10.1. The van der Waals surface area contributed by atoms with Crippen molar-refractivity contribution in [1.82, 2.24) is 5.43 Å². The first-order valence-corrected chi connectivity index (χ1v) is 8.43. The second kappa shape index (κ2) is 8.23. The quantitative estimate of drug-likeness (QED) is 0.518. The van der Waals surface area contributed by atoms with Crippen LogP contribution >= 0.6 is 0 Å². The summed E-state index contributed by atoms with van der Waals surface area (Å²) in [5.74, 6) is 0.516. The summed E-state index contributed by atoms with van der Waals surface area (Å²) < 4.78 is 10.8. The lowest BCUT2D eigenvalue weighted by Crippen LogP contribution is -2.33. The molecule has 0 heterocycles. The molecule has 0 unspecified atom stereocenters. The number of benzene rings is 3. The number of fused-ring (bicyclic) bond motifs is 1. The first-order valence-electron chi connectivity index (χ1n) is 8.43. The number of amides is 1. The SMILES string of the molecule is COc1cccc(/C=N\NC(=O)[C@H](C)Oc2cccc3ccccc23)c1O. The van der Waals surface area contributed by atoms with Crippen LogP contribution in [0.3, 0.4) is 0 Å². The first kappa shape index (κ1) is 18.3. The zero-order chi connectivity index (χ0) is 19.2. The molecule has 0 saturated carbocycles. The summed E-state index contributed by atoms with van der Waals surface area (Å²) in [5.41, 5.74) is 2.85. The van der Waals surface area contributed by atoms with Crippen molar-refractivity contribution >= 4 is 22.9 Å². The highest BCUT2D eigenvalue weighted by atomic mass is 16.5. The van der Waals surface area contributed by atoms with Gasteiger partial charge in [-0.2, -0.15) is 5.10 Å². The van der Waals surface area contributed by atoms with Crippen LogP contribution in [0.5, 0.6) is 17.2 Å². The van der Waals surface area contributed by atoms with E-state index in [1.54, 1.807) is 25.1 Å². The second-order valence-electron chi connectivity index (χ2n) is 5.87. The zero-order valence-electron chi connectivity index (χ0n) is 15.0. The van der Waals surface area contributed by atoms with E-state index >= 15 is 0 Å². The van der Waals surface area contributed by atoms with Crippen molar-refractivity contribution in [1.29, 1.82) is 0 Å². The summed E-state index contributed by atoms with van der Waals surface area (Å²) in [5, 5.41) is 15.9. The third-order valence-corrected chi connectivity index (χ3v) is 4.05. The maximum atomic E-state index is 12.2. The lowest BCUT2D eigenvalue weighted by molar-refractivity contribution is -0.127. The first-order chi connectivity index (χ1) is 13.1. The number of nitrogens with zero attached hydrogens (tertiary/aromatic N) is 1. The van der Waals surface area contributed by atoms with E-state index < -0.39 is 12.0 Å². The molecular formula is C21H20N2O4. The topological polar surface area (TPSA) is 80.2 Å². The van der Waals surface area contributed by atoms with Crippen LogP contribution < -0.4 is 14.9 Å². The average Bonchev–Trinajstić information content (AvgIpc) is 2.69. The molecule has 6 nitrogen and oxygen atoms in total. The van der Waals surface area contributed by atoms with E-state index in [4.69, 9.17) is 9.47 Å². The number of nitrogens with one attached hydrogen (secondary N) is 1. The fraction of sp³-hybridized carbons (Fsp3) is 0.143. The van der Waals surface area contributed by atoms with Crippen LogP contribution in [0, 0.1) is 0 Å². The van der Waals surface area contributed by atoms with Crippen molar-refractivity contribution < 1.29 is 19.4 Å². The standard InChI is InChI=1S/C21H20N2O4/c1-14(27-18-11-5-8-15-7-3-4-10-17(15)18)21(25)23-22-13-16-9-6-12-19(26-2)20(16)24/h3-14,24H,1-2H3,(H,23,25)/b22-13-/t14-/m0/s1. The molecule has 0 spiro atoms. The van der Waals surface area contributed by atoms with Gasteiger partial charge in [0.15, 0.2) is 17.6 Å². The Morgan fingerprint density at radius 2 is 1.78 bits per heavy atom. The van der Waals surface area contributed by atoms with Crippen molar-refractivity contribution in [2.45, 2.75) is 13.0 Å². The van der Waals surface area contributed by atoms with Gasteiger partial charge in [-0.3, -0.25) is 4.79 Å². The maximum Gasteiger partial charge on any atom is 0.280 e. The van der Waals surface area contributed by atoms with Gasteiger partial charge in [0.2, 0.25) is 0 Å². The van der Waals surface area contributed by atoms with Gasteiger partial charge in [-0.15, -0.1) is 0 Å². The van der Waals surface area contributed by atoms with Gasteiger partial charge in [0.05, 0.1) is 13.3 Å². The number of phenolic OH excluding ortho intramolecular Hbond substituents is 1. The van der Waals surface area contributed by atoms with Crippen molar-refractivity contribution in [2.24, 2.45) is 5.10 Å². The van der Waals surface area contributed by atoms with Gasteiger partial charge >= 0.3 is 0 Å². The minimum Gasteiger partial charge on any atom is -0.504 e. The molecule has 6 heteroatoms. The van der Waals surface area contributed by atoms with Gasteiger partial charge in [-0.05, 0) is 30.5 Å². The average molecular weight is 364 g/mol. The Morgan fingerprint density at radius 1 is 1.07 bits per heavy atom. The largest absolute Gasteiger partial charge is 0.504 e. The van der Waals surface area contributed by atoms with E-state index in [9.17, 15) is 9.90 Å². The van der Waals surface area contributed by atoms with Crippen LogP contribution in [0.15, 0.2) is 65.8 Å². The number of methoxy groups -OCH3 is 1. The van der Waals surface area contributed by atoms with Crippen LogP contribution in [0.2, 0.25) is 0 Å². The number of hydrazone groups is 1. The normalized spacial score (nSPS) is 12.1. The van der Waals surface area contributed by atoms with Crippen molar-refractivity contribution in [3.63, 3.8) is 0 Å². The molecule has 138 valence electrons. The predicted molar refractivity (Wildman–Crippen MR) is 104 cm³/mol. The molecule has 0 fully saturated rings. The molecule has 3 aromatic rings. The van der Waals surface area contributed by atoms with E-state index in [1.165, 1.54) is 13.3 Å². The Labute approximate surface area is 157 Å². The number of hydrogen-bond acceptors (Lipinski definition) is 5. The molecule has 3 aromatic carbocycles. The number of carbonyl (C=O) groups excluding carboxylic acids is 1. The molecule has 0 saturated heterocycles. The highest BCUT2D eigenvalue weighted by Crippen LogP contribution is 2.28. The number of aromatic hydroxyl groups is 1. The van der Waals surface area contributed by atoms with E-state index in [0.717, 1.165) is 10.8 Å². The van der Waals surface area contributed by atoms with E-state index in [2.05, 4.69) is 10.5 Å². The van der Waals surface area contributed by atoms with Gasteiger partial charge in [-0.1, -0.05) is 42.5 Å². The third-order valence-electron chi connectivity index (χ3n) is 4.05. The number of hydrogen-bond donors (Lipinski definition) is 2. The Balaban J connectivity index is 1.66. The van der Waals surface area contributed by atoms with Crippen LogP contribution in [0.4, 0.5) is 0 Å². The Hall–Kier alpha value is -3.54. The number of rotatable bonds is 6. The molecule has 0 bridgehead atoms. The van der Waals surface area contributed by atoms with Gasteiger partial charge in [0, 0.05) is 10.9 Å². The maximum absolute atomic E-state index is 12.2. The Morgan fingerprint density at radius 3 is 2.59 bits per heavy atom. The molecule has 0 radical (unpaired) electrons. The summed E-state index contributed by atoms with van der Waals surface area (Å²) in [7, 11) is 1.46. The predicted octanol–water partition coefficient (Wildman–Crippen LogP) is 3.47. The monoisotopic (exact) mass is 364 g/mol. The van der Waals surface area contributed by atoms with Crippen LogP contribution in [-0.4, -0.2) is 30.4 Å². The molecule has 0 aromatic heterocycles. The molecule has 2 N–H and O–H groups in total. The van der Waals surface area contributed by atoms with E-state index in [0.29, 0.717) is 17.1 Å². The second-order valence-corrected chi connectivity index (χ2v) is 5.87. The fourth-order valence-electron chi connectivity index (χ4n) is 2.61. The number of para-hydroxylation sites is 1. The molecule has 1 amide bonds. The minimum atomic E-state index is -0.744. The summed E-state index contributed by atoms with van der Waals surface area (Å²) in [4.78, 5) is 12.2. The van der Waals surface area contributed by atoms with Gasteiger partial charge in [0.25, 0.3) is 5.91 Å². The fourth-order valence-corrected chi connectivity index (χ4v) is 2.61. The van der Waals surface area contributed by atoms with Crippen molar-refractivity contribution in [3.8, 4) is 17.2 Å². The molecule has 27 heavy (non-hydrogen) atoms. The lowest BCUT2D eigenvalue weighted by Gasteiger charge is -2.14. The molecule has 0 aliphatic rings. The molecule has 0 aliphatic carbocycles. The number of phenols is 1. The Bertz CT molecular complexity index is 980. The smallest absolute Gasteiger partial charge is 0.280 e. The van der Waals surface area contributed by atoms with Gasteiger partial charge in [-0.25, -0.2) is 5.43 Å². The Kier molecular flexibility index (Phi) is 5.56. The molecule has 3 rings (SSSR count). The van der Waals surface area contributed by atoms with E-state index in [-0.39, 0.29) is 5.75 Å². The molecule has 1 atom stereocenters. The minimum absolute atomic E-state index is 0.0435. The number of ether oxygens (including phenoxy) is 2. The molecular weight excluding hydrogens is 344 g/mol. The van der Waals surface area contributed by atoms with E-state index in [1.807, 2.05) is 42.5 Å². The van der Waals surface area contributed by atoms with Crippen molar-refractivity contribution in [3.05, 3.63) is 66.2 Å². The summed E-state index contributed by atoms with van der Waals surface area (Å²) in [6.45, 7) is 1.65. The summed E-state index contributed by atoms with van der Waals surface area (Å²) in [6, 6.07) is 18.5. The zero-order valence-corrected chi connectivity index (χ0v) is 15.0. The van der Waals surface area contributed by atoms with Crippen LogP contribution in [-0.2, 0) is 4.79 Å². The highest BCUT2D eigenvalue weighted by molar-refractivity contribution is 5.89. The van der Waals surface area contributed by atoms with Crippen molar-refractivity contribution in [2.75, 3.05) is 7.11 Å². The summed E-state index contributed by atoms with van der Waals surface area (Å²) >= 11 is 0. The third kappa shape index (κ3) is 4.17. The highest BCUT2D eigenvalue weighted by Gasteiger charge is 2.15. The summed E-state index contributed by atoms with van der Waals surface area (Å²) in [6.07, 6.45) is 0.604. The van der Waals surface area contributed by atoms with Crippen LogP contribution in [0.1, 0.15) is 12.5 Å². The van der Waals surface area contributed by atoms with Gasteiger partial charge in [0.1, 0.15) is 5.75 Å².